The van der Waals surface area contributed by atoms with Crippen molar-refractivity contribution >= 4 is 20.1 Å². The van der Waals surface area contributed by atoms with Crippen molar-refractivity contribution in [1.29, 1.82) is 0 Å². The fraction of sp³-hybridized carbons (Fsp3) is 0.943. The van der Waals surface area contributed by atoms with E-state index in [1.54, 1.807) is 0 Å². The zero-order chi connectivity index (χ0) is 29.7. The summed E-state index contributed by atoms with van der Waals surface area (Å²) in [6, 6.07) is 0. The molecule has 0 bridgehead atoms. The Morgan fingerprint density at radius 2 is 0.950 bits per heavy atom. The number of nitrogens with zero attached hydrogens (tertiary/aromatic N) is 1. The molecule has 1 unspecified atom stereocenters. The summed E-state index contributed by atoms with van der Waals surface area (Å²) in [4.78, 5) is 26.1. The third kappa shape index (κ3) is 27.8. The van der Waals surface area contributed by atoms with Gasteiger partial charge in [-0.3, -0.25) is 4.79 Å². The summed E-state index contributed by atoms with van der Waals surface area (Å²) in [5.41, 5.74) is -0.0166. The zero-order valence-corrected chi connectivity index (χ0v) is 28.7. The number of hydrogen-bond acceptors (Lipinski definition) is 3. The molecule has 0 aliphatic rings. The van der Waals surface area contributed by atoms with Crippen LogP contribution in [0.1, 0.15) is 174 Å². The van der Waals surface area contributed by atoms with Crippen LogP contribution in [0, 0.1) is 5.92 Å². The number of unbranched alkanes of at least 4 members (excludes halogenated alkanes) is 21. The first-order valence-electron chi connectivity index (χ1n) is 17.5. The average Bonchev–Trinajstić information content (AvgIpc) is 2.91. The third-order valence-electron chi connectivity index (χ3n) is 8.07. The minimum Gasteiger partial charge on any atom is -0.546 e. The monoisotopic (exact) mass is 584 g/mol. The highest BCUT2D eigenvalue weighted by Crippen LogP contribution is 2.27. The molecule has 0 N–H and O–H groups in total. The summed E-state index contributed by atoms with van der Waals surface area (Å²) in [6.07, 6.45) is 30.9. The van der Waals surface area contributed by atoms with Gasteiger partial charge < -0.3 is 22.6 Å². The number of carbonyl (C=O) groups excluding carboxylic acids is 2. The standard InChI is InChI=1S/C35H70NO3P/c1-6-8-10-12-14-16-18-19-20-22-24-26-28-30-34(37)33(35(38)40-39-32-31-36(3,4)5)29-27-25-23-21-17-15-13-11-9-7-2/h33H,6-32H2,1-5H3. The Labute approximate surface area is 253 Å². The van der Waals surface area contributed by atoms with Gasteiger partial charge in [0.05, 0.1) is 34.3 Å². The van der Waals surface area contributed by atoms with Crippen molar-refractivity contribution < 1.29 is 18.6 Å². The summed E-state index contributed by atoms with van der Waals surface area (Å²) in [6.45, 7) is 5.95. The van der Waals surface area contributed by atoms with E-state index in [9.17, 15) is 9.59 Å². The van der Waals surface area contributed by atoms with Crippen LogP contribution in [-0.4, -0.2) is 50.1 Å². The number of hydrogen-bond donors (Lipinski definition) is 0. The molecule has 5 heteroatoms. The van der Waals surface area contributed by atoms with Crippen LogP contribution in [0.4, 0.5) is 0 Å². The Morgan fingerprint density at radius 3 is 1.35 bits per heavy atom. The summed E-state index contributed by atoms with van der Waals surface area (Å²) in [5, 5.41) is 0. The Kier molecular flexibility index (Phi) is 28.6. The van der Waals surface area contributed by atoms with Crippen molar-refractivity contribution in [2.45, 2.75) is 174 Å². The zero-order valence-electron chi connectivity index (χ0n) is 27.8. The first-order valence-corrected chi connectivity index (χ1v) is 18.3. The highest BCUT2D eigenvalue weighted by molar-refractivity contribution is 7.53. The van der Waals surface area contributed by atoms with E-state index < -0.39 is 5.92 Å². The van der Waals surface area contributed by atoms with E-state index in [0.717, 1.165) is 36.7 Å². The fourth-order valence-electron chi connectivity index (χ4n) is 5.24. The summed E-state index contributed by atoms with van der Waals surface area (Å²) >= 11 is 0. The maximum absolute atomic E-state index is 13.1. The summed E-state index contributed by atoms with van der Waals surface area (Å²) in [7, 11) is 6.73. The average molecular weight is 584 g/mol. The number of carbonyl (C=O) groups is 2. The molecule has 1 atom stereocenters. The van der Waals surface area contributed by atoms with Gasteiger partial charge in [0.15, 0.2) is 0 Å². The molecule has 0 spiro atoms. The second-order valence-electron chi connectivity index (χ2n) is 13.3. The molecule has 238 valence electrons. The molecule has 0 rings (SSSR count). The molecule has 0 aromatic rings. The quantitative estimate of drug-likeness (QED) is 0.0342. The predicted octanol–water partition coefficient (Wildman–Crippen LogP) is 11.1. The van der Waals surface area contributed by atoms with E-state index in [0.29, 0.717) is 28.3 Å². The maximum Gasteiger partial charge on any atom is 0.140 e. The largest absolute Gasteiger partial charge is 0.546 e. The number of rotatable bonds is 32. The second kappa shape index (κ2) is 28.8. The fourth-order valence-corrected chi connectivity index (χ4v) is 5.94. The van der Waals surface area contributed by atoms with Gasteiger partial charge in [0.1, 0.15) is 5.78 Å². The molecule has 0 amide bonds. The minimum atomic E-state index is -0.461. The van der Waals surface area contributed by atoms with E-state index >= 15 is 0 Å². The van der Waals surface area contributed by atoms with Crippen molar-refractivity contribution in [2.75, 3.05) is 34.3 Å². The van der Waals surface area contributed by atoms with Crippen LogP contribution in [-0.2, 0) is 14.1 Å². The predicted molar refractivity (Wildman–Crippen MR) is 176 cm³/mol. The van der Waals surface area contributed by atoms with Gasteiger partial charge in [-0.2, -0.15) is 0 Å². The molecular formula is C35H70NO3P. The Morgan fingerprint density at radius 1 is 0.575 bits per heavy atom. The van der Waals surface area contributed by atoms with Gasteiger partial charge in [0.25, 0.3) is 0 Å². The van der Waals surface area contributed by atoms with Gasteiger partial charge in [-0.05, 0) is 12.8 Å². The van der Waals surface area contributed by atoms with E-state index in [-0.39, 0.29) is 11.3 Å². The Hall–Kier alpha value is -0.310. The van der Waals surface area contributed by atoms with Gasteiger partial charge >= 0.3 is 0 Å². The molecule has 0 saturated heterocycles. The number of Topliss-reactive ketones (excluding diaryl/α,β-unsaturated/α-hetero) is 1. The molecule has 0 aromatic carbocycles. The van der Waals surface area contributed by atoms with Crippen LogP contribution < -0.4 is 0 Å². The van der Waals surface area contributed by atoms with Crippen LogP contribution in [0.2, 0.25) is 0 Å². The first-order chi connectivity index (χ1) is 19.3. The first kappa shape index (κ1) is 39.7. The van der Waals surface area contributed by atoms with E-state index in [2.05, 4.69) is 35.0 Å². The van der Waals surface area contributed by atoms with Gasteiger partial charge in [-0.1, -0.05) is 155 Å². The molecule has 4 nitrogen and oxygen atoms in total. The summed E-state index contributed by atoms with van der Waals surface area (Å²) in [5.74, 6) is -0.302. The molecule has 0 saturated carbocycles. The molecule has 40 heavy (non-hydrogen) atoms. The van der Waals surface area contributed by atoms with E-state index in [1.807, 2.05) is 0 Å². The van der Waals surface area contributed by atoms with Crippen LogP contribution in [0.5, 0.6) is 0 Å². The van der Waals surface area contributed by atoms with Crippen molar-refractivity contribution in [1.82, 2.24) is 0 Å². The van der Waals surface area contributed by atoms with Crippen LogP contribution in [0.25, 0.3) is 0 Å². The van der Waals surface area contributed by atoms with E-state index in [1.165, 1.54) is 122 Å². The molecule has 0 aliphatic heterocycles. The van der Waals surface area contributed by atoms with Gasteiger partial charge in [-0.15, -0.1) is 0 Å². The molecule has 0 aromatic heterocycles. The lowest BCUT2D eigenvalue weighted by molar-refractivity contribution is -0.870. The van der Waals surface area contributed by atoms with Crippen molar-refractivity contribution in [2.24, 2.45) is 5.92 Å². The van der Waals surface area contributed by atoms with Crippen LogP contribution in [0.15, 0.2) is 0 Å². The topological polar surface area (TPSA) is 43.4 Å². The van der Waals surface area contributed by atoms with Crippen molar-refractivity contribution in [3.05, 3.63) is 0 Å². The maximum atomic E-state index is 13.1. The SMILES string of the molecule is CCCCCCCCCCCCCCCC(=O)C(CCCCCCCCCCCC)C(=O)[P-]OCC[N+](C)(C)C. The smallest absolute Gasteiger partial charge is 0.140 e. The summed E-state index contributed by atoms with van der Waals surface area (Å²) < 4.78 is 6.49. The second-order valence-corrected chi connectivity index (χ2v) is 14.1. The Balaban J connectivity index is 4.19. The molecule has 0 fully saturated rings. The highest BCUT2D eigenvalue weighted by atomic mass is 31.1. The molecule has 0 radical (unpaired) electrons. The molecule has 0 heterocycles. The lowest BCUT2D eigenvalue weighted by Gasteiger charge is -2.28. The van der Waals surface area contributed by atoms with Crippen molar-refractivity contribution in [3.8, 4) is 0 Å². The van der Waals surface area contributed by atoms with Crippen LogP contribution in [0.3, 0.4) is 0 Å². The number of quaternary nitrogens is 1. The molecular weight excluding hydrogens is 513 g/mol. The number of likely N-dealkylation sites (N-methyl/N-ethyl adjacent to an activating group) is 1. The normalized spacial score (nSPS) is 12.9. The number of ketones is 1. The lowest BCUT2D eigenvalue weighted by atomic mass is 9.93. The highest BCUT2D eigenvalue weighted by Gasteiger charge is 2.20. The third-order valence-corrected chi connectivity index (χ3v) is 8.87. The van der Waals surface area contributed by atoms with E-state index in [4.69, 9.17) is 4.52 Å². The van der Waals surface area contributed by atoms with Crippen molar-refractivity contribution in [3.63, 3.8) is 0 Å². The van der Waals surface area contributed by atoms with Gasteiger partial charge in [0.2, 0.25) is 0 Å². The van der Waals surface area contributed by atoms with Crippen LogP contribution >= 0.6 is 8.81 Å². The van der Waals surface area contributed by atoms with Gasteiger partial charge in [-0.25, -0.2) is 0 Å². The molecule has 0 aliphatic carbocycles. The lowest BCUT2D eigenvalue weighted by Crippen LogP contribution is -2.37. The Bertz CT molecular complexity index is 575. The minimum absolute atomic E-state index is 0.0166. The van der Waals surface area contributed by atoms with Gasteiger partial charge in [0, 0.05) is 17.9 Å².